The minimum Gasteiger partial charge on any atom is -0.406 e. The lowest BCUT2D eigenvalue weighted by Crippen LogP contribution is -2.48. The van der Waals surface area contributed by atoms with E-state index >= 15 is 0 Å². The maximum absolute atomic E-state index is 14.0. The molecule has 0 radical (unpaired) electrons. The first-order chi connectivity index (χ1) is 19.5. The van der Waals surface area contributed by atoms with E-state index in [1.807, 2.05) is 0 Å². The topological polar surface area (TPSA) is 101 Å². The summed E-state index contributed by atoms with van der Waals surface area (Å²) in [5.74, 6) is -1.34. The Morgan fingerprint density at radius 2 is 1.98 bits per heavy atom. The molecule has 41 heavy (non-hydrogen) atoms. The number of amides is 1. The molecule has 1 fully saturated rings. The summed E-state index contributed by atoms with van der Waals surface area (Å²) < 4.78 is 56.7. The lowest BCUT2D eigenvalue weighted by molar-refractivity contribution is -0.274. The van der Waals surface area contributed by atoms with Crippen LogP contribution >= 0.6 is 0 Å². The highest BCUT2D eigenvalue weighted by molar-refractivity contribution is 5.93. The van der Waals surface area contributed by atoms with Gasteiger partial charge in [0.1, 0.15) is 11.6 Å². The number of unbranched alkanes of at least 4 members (excludes halogenated alkanes) is 1. The quantitative estimate of drug-likeness (QED) is 0.195. The standard InChI is InChI=1S/C28H31F4N7O2/c1-17(2)38-14-21(15-38)25-11-18-9-22(36-37-26(18)35-25)5-3-4-8-39-16-20(13-34-39)27(40)33-12-19-10-23(6-7-24(19)29)41-28(30,31)32/h6-7,9-11,13,16-17,21H,3-5,8,12,14-15H2,1-2H3,(H,33,40)(H,35,37). The van der Waals surface area contributed by atoms with Crippen LogP contribution in [0.25, 0.3) is 11.0 Å². The van der Waals surface area contributed by atoms with Gasteiger partial charge in [0.25, 0.3) is 5.91 Å². The third-order valence-corrected chi connectivity index (χ3v) is 7.18. The van der Waals surface area contributed by atoms with E-state index in [1.54, 1.807) is 10.9 Å². The fourth-order valence-electron chi connectivity index (χ4n) is 4.81. The number of hydrogen-bond acceptors (Lipinski definition) is 6. The second-order valence-electron chi connectivity index (χ2n) is 10.5. The molecule has 0 aliphatic carbocycles. The number of rotatable bonds is 11. The zero-order valence-corrected chi connectivity index (χ0v) is 22.7. The van der Waals surface area contributed by atoms with Crippen LogP contribution in [0.3, 0.4) is 0 Å². The molecule has 9 nitrogen and oxygen atoms in total. The molecule has 1 aliphatic rings. The first kappa shape index (κ1) is 28.5. The van der Waals surface area contributed by atoms with Crippen molar-refractivity contribution in [2.75, 3.05) is 13.1 Å². The molecule has 218 valence electrons. The van der Waals surface area contributed by atoms with Gasteiger partial charge < -0.3 is 15.0 Å². The fourth-order valence-corrected chi connectivity index (χ4v) is 4.81. The van der Waals surface area contributed by atoms with E-state index in [-0.39, 0.29) is 17.7 Å². The highest BCUT2D eigenvalue weighted by atomic mass is 19.4. The molecule has 0 bridgehead atoms. The van der Waals surface area contributed by atoms with E-state index < -0.39 is 23.8 Å². The van der Waals surface area contributed by atoms with Crippen LogP contribution in [-0.4, -0.2) is 61.3 Å². The van der Waals surface area contributed by atoms with Crippen molar-refractivity contribution in [1.29, 1.82) is 0 Å². The van der Waals surface area contributed by atoms with Crippen molar-refractivity contribution < 1.29 is 27.1 Å². The van der Waals surface area contributed by atoms with Gasteiger partial charge in [0.15, 0.2) is 5.65 Å². The Hall–Kier alpha value is -4.00. The SMILES string of the molecule is CC(C)N1CC(c2cc3cc(CCCCn4cc(C(=O)NCc5cc(OC(F)(F)F)ccc5F)cn4)nnc3[nH]2)C1. The van der Waals surface area contributed by atoms with Crippen molar-refractivity contribution in [3.63, 3.8) is 0 Å². The van der Waals surface area contributed by atoms with Crippen LogP contribution in [-0.2, 0) is 19.5 Å². The normalized spacial score (nSPS) is 14.5. The number of hydrogen-bond donors (Lipinski definition) is 2. The number of alkyl halides is 3. The number of likely N-dealkylation sites (tertiary alicyclic amines) is 1. The molecule has 3 aromatic heterocycles. The average molecular weight is 574 g/mol. The van der Waals surface area contributed by atoms with Crippen LogP contribution in [0.1, 0.15) is 59.9 Å². The van der Waals surface area contributed by atoms with E-state index in [4.69, 9.17) is 0 Å². The number of benzene rings is 1. The third-order valence-electron chi connectivity index (χ3n) is 7.18. The summed E-state index contributed by atoms with van der Waals surface area (Å²) in [6.45, 7) is 6.78. The number of halogens is 4. The third kappa shape index (κ3) is 7.20. The highest BCUT2D eigenvalue weighted by Crippen LogP contribution is 2.30. The van der Waals surface area contributed by atoms with Gasteiger partial charge in [0.2, 0.25) is 0 Å². The van der Waals surface area contributed by atoms with Gasteiger partial charge >= 0.3 is 6.36 Å². The number of carbonyl (C=O) groups is 1. The Morgan fingerprint density at radius 3 is 2.73 bits per heavy atom. The summed E-state index contributed by atoms with van der Waals surface area (Å²) in [7, 11) is 0. The molecule has 1 amide bonds. The predicted octanol–water partition coefficient (Wildman–Crippen LogP) is 4.95. The second kappa shape index (κ2) is 11.9. The summed E-state index contributed by atoms with van der Waals surface area (Å²) in [5, 5.41) is 16.5. The molecule has 2 N–H and O–H groups in total. The van der Waals surface area contributed by atoms with Gasteiger partial charge in [-0.05, 0) is 63.4 Å². The maximum Gasteiger partial charge on any atom is 0.573 e. The molecule has 5 rings (SSSR count). The zero-order chi connectivity index (χ0) is 29.1. The smallest absolute Gasteiger partial charge is 0.406 e. The number of H-pyrrole nitrogens is 1. The number of carbonyl (C=O) groups excluding carboxylic acids is 1. The van der Waals surface area contributed by atoms with Crippen LogP contribution in [0.5, 0.6) is 5.75 Å². The van der Waals surface area contributed by atoms with Gasteiger partial charge in [-0.1, -0.05) is 0 Å². The molecule has 13 heteroatoms. The number of fused-ring (bicyclic) bond motifs is 1. The molecular weight excluding hydrogens is 542 g/mol. The Labute approximate surface area is 233 Å². The molecule has 4 aromatic rings. The van der Waals surface area contributed by atoms with Crippen molar-refractivity contribution in [2.45, 2.75) is 64.5 Å². The van der Waals surface area contributed by atoms with Crippen LogP contribution in [0.15, 0.2) is 42.7 Å². The maximum atomic E-state index is 14.0. The van der Waals surface area contributed by atoms with E-state index in [2.05, 4.69) is 61.2 Å². The number of nitrogens with one attached hydrogen (secondary N) is 2. The number of aromatic nitrogens is 5. The summed E-state index contributed by atoms with van der Waals surface area (Å²) >= 11 is 0. The minimum atomic E-state index is -4.90. The van der Waals surface area contributed by atoms with Gasteiger partial charge in [-0.25, -0.2) is 4.39 Å². The van der Waals surface area contributed by atoms with Crippen molar-refractivity contribution in [3.05, 3.63) is 71.1 Å². The fraction of sp³-hybridized carbons (Fsp3) is 0.429. The molecule has 1 saturated heterocycles. The summed E-state index contributed by atoms with van der Waals surface area (Å²) in [6.07, 6.45) is 0.464. The first-order valence-electron chi connectivity index (χ1n) is 13.5. The molecule has 1 aromatic carbocycles. The number of aryl methyl sites for hydroxylation is 2. The van der Waals surface area contributed by atoms with Crippen LogP contribution in [0.2, 0.25) is 0 Å². The van der Waals surface area contributed by atoms with Gasteiger partial charge in [-0.15, -0.1) is 18.3 Å². The Morgan fingerprint density at radius 1 is 1.17 bits per heavy atom. The second-order valence-corrected chi connectivity index (χ2v) is 10.5. The zero-order valence-electron chi connectivity index (χ0n) is 22.7. The van der Waals surface area contributed by atoms with Crippen LogP contribution in [0, 0.1) is 5.82 Å². The summed E-state index contributed by atoms with van der Waals surface area (Å²) in [5.41, 5.74) is 3.05. The molecule has 0 unspecified atom stereocenters. The van der Waals surface area contributed by atoms with Gasteiger partial charge in [0.05, 0.1) is 17.5 Å². The van der Waals surface area contributed by atoms with Crippen molar-refractivity contribution >= 4 is 16.9 Å². The van der Waals surface area contributed by atoms with Crippen LogP contribution < -0.4 is 10.1 Å². The monoisotopic (exact) mass is 573 g/mol. The lowest BCUT2D eigenvalue weighted by Gasteiger charge is -2.41. The number of aromatic amines is 1. The molecule has 0 saturated carbocycles. The molecular formula is C28H31F4N7O2. The lowest BCUT2D eigenvalue weighted by atomic mass is 9.95. The summed E-state index contributed by atoms with van der Waals surface area (Å²) in [6, 6.07) is 7.43. The molecule has 4 heterocycles. The largest absolute Gasteiger partial charge is 0.573 e. The van der Waals surface area contributed by atoms with Gasteiger partial charge in [0, 0.05) is 61.0 Å². The van der Waals surface area contributed by atoms with Gasteiger partial charge in [-0.2, -0.15) is 10.2 Å². The number of ether oxygens (including phenoxy) is 1. The highest BCUT2D eigenvalue weighted by Gasteiger charge is 2.32. The summed E-state index contributed by atoms with van der Waals surface area (Å²) in [4.78, 5) is 18.3. The predicted molar refractivity (Wildman–Crippen MR) is 143 cm³/mol. The van der Waals surface area contributed by atoms with Crippen molar-refractivity contribution in [2.24, 2.45) is 0 Å². The Balaban J connectivity index is 1.07. The van der Waals surface area contributed by atoms with E-state index in [0.717, 1.165) is 67.3 Å². The van der Waals surface area contributed by atoms with E-state index in [1.165, 1.54) is 11.9 Å². The first-order valence-corrected chi connectivity index (χ1v) is 13.5. The molecule has 0 atom stereocenters. The molecule has 1 aliphatic heterocycles. The number of nitrogens with zero attached hydrogens (tertiary/aromatic N) is 5. The van der Waals surface area contributed by atoms with Crippen molar-refractivity contribution in [1.82, 2.24) is 35.2 Å². The Kier molecular flexibility index (Phi) is 8.25. The van der Waals surface area contributed by atoms with Crippen LogP contribution in [0.4, 0.5) is 17.6 Å². The van der Waals surface area contributed by atoms with Gasteiger partial charge in [-0.3, -0.25) is 14.4 Å². The van der Waals surface area contributed by atoms with Crippen molar-refractivity contribution in [3.8, 4) is 5.75 Å². The minimum absolute atomic E-state index is 0.134. The molecule has 0 spiro atoms. The average Bonchev–Trinajstić information content (AvgIpc) is 3.51. The van der Waals surface area contributed by atoms with E-state index in [0.29, 0.717) is 18.5 Å². The van der Waals surface area contributed by atoms with E-state index in [9.17, 15) is 22.4 Å². The Bertz CT molecular complexity index is 1510.